The van der Waals surface area contributed by atoms with Gasteiger partial charge in [0, 0.05) is 44.1 Å². The van der Waals surface area contributed by atoms with Crippen LogP contribution in [0, 0.1) is 12.3 Å². The number of aromatic nitrogens is 2. The predicted octanol–water partition coefficient (Wildman–Crippen LogP) is 5.88. The summed E-state index contributed by atoms with van der Waals surface area (Å²) < 4.78 is 0. The highest BCUT2D eigenvalue weighted by molar-refractivity contribution is 5.79. The quantitative estimate of drug-likeness (QED) is 0.587. The van der Waals surface area contributed by atoms with Crippen molar-refractivity contribution < 1.29 is 0 Å². The fourth-order valence-corrected chi connectivity index (χ4v) is 4.24. The summed E-state index contributed by atoms with van der Waals surface area (Å²) in [4.78, 5) is 14.5. The summed E-state index contributed by atoms with van der Waals surface area (Å²) in [5, 5.41) is 0. The van der Waals surface area contributed by atoms with Crippen molar-refractivity contribution in [3.05, 3.63) is 35.8 Å². The van der Waals surface area contributed by atoms with Crippen LogP contribution in [0.1, 0.15) is 64.6 Å². The van der Waals surface area contributed by atoms with Crippen molar-refractivity contribution in [2.45, 2.75) is 66.7 Å². The SMILES string of the molecule is CCCCN(C)c1ccc(-c2cnc(C)c(CC)c2N2CCC(C)(C)CC2)nc1. The zero-order valence-corrected chi connectivity index (χ0v) is 19.3. The summed E-state index contributed by atoms with van der Waals surface area (Å²) in [7, 11) is 2.15. The van der Waals surface area contributed by atoms with Crippen LogP contribution in [-0.2, 0) is 6.42 Å². The molecule has 0 N–H and O–H groups in total. The summed E-state index contributed by atoms with van der Waals surface area (Å²) in [6, 6.07) is 4.37. The van der Waals surface area contributed by atoms with E-state index in [-0.39, 0.29) is 0 Å². The Morgan fingerprint density at radius 3 is 2.38 bits per heavy atom. The first kappa shape index (κ1) is 21.6. The summed E-state index contributed by atoms with van der Waals surface area (Å²) in [6.07, 6.45) is 9.92. The van der Waals surface area contributed by atoms with Gasteiger partial charge in [-0.2, -0.15) is 0 Å². The van der Waals surface area contributed by atoms with E-state index < -0.39 is 0 Å². The molecule has 3 rings (SSSR count). The molecule has 0 atom stereocenters. The molecule has 0 bridgehead atoms. The lowest BCUT2D eigenvalue weighted by molar-refractivity contribution is 0.279. The van der Waals surface area contributed by atoms with Gasteiger partial charge in [-0.25, -0.2) is 0 Å². The van der Waals surface area contributed by atoms with Crippen molar-refractivity contribution in [2.75, 3.05) is 36.5 Å². The van der Waals surface area contributed by atoms with E-state index in [9.17, 15) is 0 Å². The van der Waals surface area contributed by atoms with Crippen molar-refractivity contribution in [1.82, 2.24) is 9.97 Å². The summed E-state index contributed by atoms with van der Waals surface area (Å²) in [6.45, 7) is 14.7. The maximum Gasteiger partial charge on any atom is 0.0740 e. The van der Waals surface area contributed by atoms with E-state index in [1.54, 1.807) is 0 Å². The Morgan fingerprint density at radius 2 is 1.79 bits per heavy atom. The number of unbranched alkanes of at least 4 members (excludes halogenated alkanes) is 1. The van der Waals surface area contributed by atoms with Crippen LogP contribution >= 0.6 is 0 Å². The van der Waals surface area contributed by atoms with E-state index >= 15 is 0 Å². The number of pyridine rings is 2. The van der Waals surface area contributed by atoms with Gasteiger partial charge in [0.15, 0.2) is 0 Å². The molecular weight excluding hydrogens is 356 g/mol. The highest BCUT2D eigenvalue weighted by atomic mass is 15.1. The minimum atomic E-state index is 0.439. The first-order valence-corrected chi connectivity index (χ1v) is 11.3. The normalized spacial score (nSPS) is 16.1. The maximum atomic E-state index is 4.86. The van der Waals surface area contributed by atoms with Gasteiger partial charge in [-0.3, -0.25) is 9.97 Å². The molecular formula is C25H38N4. The molecule has 0 aliphatic carbocycles. The molecule has 2 aromatic heterocycles. The third kappa shape index (κ3) is 4.91. The van der Waals surface area contributed by atoms with Gasteiger partial charge in [-0.15, -0.1) is 0 Å². The summed E-state index contributed by atoms with van der Waals surface area (Å²) in [5.41, 5.74) is 7.69. The lowest BCUT2D eigenvalue weighted by Gasteiger charge is -2.40. The number of nitrogens with zero attached hydrogens (tertiary/aromatic N) is 4. The monoisotopic (exact) mass is 394 g/mol. The van der Waals surface area contributed by atoms with Crippen LogP contribution < -0.4 is 9.80 Å². The first-order chi connectivity index (χ1) is 13.9. The van der Waals surface area contributed by atoms with Gasteiger partial charge < -0.3 is 9.80 Å². The van der Waals surface area contributed by atoms with E-state index in [1.807, 2.05) is 12.4 Å². The lowest BCUT2D eigenvalue weighted by Crippen LogP contribution is -2.38. The van der Waals surface area contributed by atoms with Gasteiger partial charge in [-0.1, -0.05) is 34.1 Å². The number of hydrogen-bond donors (Lipinski definition) is 0. The second kappa shape index (κ2) is 9.15. The Balaban J connectivity index is 1.95. The van der Waals surface area contributed by atoms with Gasteiger partial charge in [0.25, 0.3) is 0 Å². The molecule has 158 valence electrons. The van der Waals surface area contributed by atoms with Crippen molar-refractivity contribution in [2.24, 2.45) is 5.41 Å². The Morgan fingerprint density at radius 1 is 1.07 bits per heavy atom. The standard InChI is InChI=1S/C25H38N4/c1-7-9-14-28(6)20-10-11-23(27-17-20)22-18-26-19(3)21(8-2)24(22)29-15-12-25(4,5)13-16-29/h10-11,17-18H,7-9,12-16H2,1-6H3. The molecule has 29 heavy (non-hydrogen) atoms. The van der Waals surface area contributed by atoms with Crippen LogP contribution in [0.3, 0.4) is 0 Å². The molecule has 1 aliphatic heterocycles. The molecule has 3 heterocycles. The zero-order valence-electron chi connectivity index (χ0n) is 19.3. The Labute approximate surface area is 177 Å². The summed E-state index contributed by atoms with van der Waals surface area (Å²) in [5.74, 6) is 0. The number of piperidine rings is 1. The fourth-order valence-electron chi connectivity index (χ4n) is 4.24. The molecule has 0 aromatic carbocycles. The topological polar surface area (TPSA) is 32.3 Å². The largest absolute Gasteiger partial charge is 0.373 e. The molecule has 0 saturated carbocycles. The van der Waals surface area contributed by atoms with Crippen LogP contribution in [-0.4, -0.2) is 36.6 Å². The van der Waals surface area contributed by atoms with Crippen molar-refractivity contribution in [1.29, 1.82) is 0 Å². The maximum absolute atomic E-state index is 4.86. The Kier molecular flexibility index (Phi) is 6.81. The third-order valence-corrected chi connectivity index (χ3v) is 6.46. The van der Waals surface area contributed by atoms with Gasteiger partial charge in [-0.05, 0) is 55.7 Å². The van der Waals surface area contributed by atoms with Gasteiger partial charge >= 0.3 is 0 Å². The number of aryl methyl sites for hydroxylation is 1. The van der Waals surface area contributed by atoms with Crippen LogP contribution in [0.15, 0.2) is 24.5 Å². The summed E-state index contributed by atoms with van der Waals surface area (Å²) >= 11 is 0. The molecule has 2 aromatic rings. The lowest BCUT2D eigenvalue weighted by atomic mass is 9.82. The van der Waals surface area contributed by atoms with Crippen LogP contribution in [0.25, 0.3) is 11.3 Å². The van der Waals surface area contributed by atoms with Gasteiger partial charge in [0.05, 0.1) is 23.3 Å². The second-order valence-corrected chi connectivity index (χ2v) is 9.27. The first-order valence-electron chi connectivity index (χ1n) is 11.3. The van der Waals surface area contributed by atoms with Gasteiger partial charge in [0.1, 0.15) is 0 Å². The predicted molar refractivity (Wildman–Crippen MR) is 125 cm³/mol. The van der Waals surface area contributed by atoms with E-state index in [1.165, 1.54) is 48.2 Å². The molecule has 4 nitrogen and oxygen atoms in total. The molecule has 1 fully saturated rings. The highest BCUT2D eigenvalue weighted by Crippen LogP contribution is 2.39. The smallest absolute Gasteiger partial charge is 0.0740 e. The van der Waals surface area contributed by atoms with E-state index in [4.69, 9.17) is 9.97 Å². The Hall–Kier alpha value is -2.10. The van der Waals surface area contributed by atoms with Crippen LogP contribution in [0.2, 0.25) is 0 Å². The van der Waals surface area contributed by atoms with Crippen molar-refractivity contribution in [3.8, 4) is 11.3 Å². The van der Waals surface area contributed by atoms with E-state index in [0.29, 0.717) is 5.41 Å². The molecule has 0 spiro atoms. The zero-order chi connectivity index (χ0) is 21.0. The number of hydrogen-bond acceptors (Lipinski definition) is 4. The van der Waals surface area contributed by atoms with Crippen LogP contribution in [0.5, 0.6) is 0 Å². The minimum Gasteiger partial charge on any atom is -0.373 e. The molecule has 4 heteroatoms. The van der Waals surface area contributed by atoms with Crippen LogP contribution in [0.4, 0.5) is 11.4 Å². The average molecular weight is 395 g/mol. The van der Waals surface area contributed by atoms with Crippen molar-refractivity contribution >= 4 is 11.4 Å². The average Bonchev–Trinajstić information content (AvgIpc) is 2.72. The highest BCUT2D eigenvalue weighted by Gasteiger charge is 2.28. The second-order valence-electron chi connectivity index (χ2n) is 9.27. The molecule has 1 saturated heterocycles. The third-order valence-electron chi connectivity index (χ3n) is 6.46. The molecule has 0 radical (unpaired) electrons. The molecule has 0 amide bonds. The molecule has 1 aliphatic rings. The Bertz CT molecular complexity index is 800. The minimum absolute atomic E-state index is 0.439. The number of rotatable bonds is 7. The van der Waals surface area contributed by atoms with Crippen molar-refractivity contribution in [3.63, 3.8) is 0 Å². The van der Waals surface area contributed by atoms with Gasteiger partial charge in [0.2, 0.25) is 0 Å². The number of anilines is 2. The molecule has 0 unspecified atom stereocenters. The van der Waals surface area contributed by atoms with E-state index in [2.05, 4.69) is 63.6 Å². The van der Waals surface area contributed by atoms with E-state index in [0.717, 1.165) is 37.4 Å². The fraction of sp³-hybridized carbons (Fsp3) is 0.600.